The number of hydrogen-bond acceptors (Lipinski definition) is 1. The maximum Gasteiger partial charge on any atom is 0.344 e. The van der Waals surface area contributed by atoms with Crippen LogP contribution in [0.2, 0.25) is 0 Å². The van der Waals surface area contributed by atoms with Crippen molar-refractivity contribution in [2.24, 2.45) is 0 Å². The number of alkyl halides is 5. The fourth-order valence-electron chi connectivity index (χ4n) is 0.557. The first-order valence-electron chi connectivity index (χ1n) is 3.11. The molecule has 1 nitrogen and oxygen atoms in total. The highest BCUT2D eigenvalue weighted by molar-refractivity contribution is 4.97. The third kappa shape index (κ3) is 1.68. The molecule has 0 saturated carbocycles. The summed E-state index contributed by atoms with van der Waals surface area (Å²) in [6.45, 7) is -1.52. The van der Waals surface area contributed by atoms with Crippen LogP contribution >= 0.6 is 0 Å². The molecular formula is C6H9F5O. The van der Waals surface area contributed by atoms with Crippen molar-refractivity contribution in [2.75, 3.05) is 6.61 Å². The summed E-state index contributed by atoms with van der Waals surface area (Å²) in [7, 11) is 0. The molecule has 0 amide bonds. The maximum absolute atomic E-state index is 12.6. The summed E-state index contributed by atoms with van der Waals surface area (Å²) in [5.74, 6) is -9.35. The second kappa shape index (κ2) is 2.83. The summed E-state index contributed by atoms with van der Waals surface area (Å²) < 4.78 is 61.6. The first-order valence-corrected chi connectivity index (χ1v) is 3.11. The number of aliphatic hydroxyl groups excluding tert-OH is 1. The standard InChI is InChI=1S/C6H9F5O/c1-4(7,3-12)6(10,11)5(2,8)9/h12H,3H2,1-2H3. The van der Waals surface area contributed by atoms with Crippen LogP contribution in [-0.2, 0) is 0 Å². The van der Waals surface area contributed by atoms with Gasteiger partial charge in [-0.1, -0.05) is 0 Å². The van der Waals surface area contributed by atoms with Crippen LogP contribution in [0.15, 0.2) is 0 Å². The minimum Gasteiger partial charge on any atom is -0.393 e. The predicted octanol–water partition coefficient (Wildman–Crippen LogP) is 2.00. The Kier molecular flexibility index (Phi) is 2.74. The second-order valence-electron chi connectivity index (χ2n) is 2.82. The van der Waals surface area contributed by atoms with Crippen molar-refractivity contribution in [1.82, 2.24) is 0 Å². The van der Waals surface area contributed by atoms with Gasteiger partial charge in [-0.3, -0.25) is 0 Å². The zero-order chi connectivity index (χ0) is 10.2. The van der Waals surface area contributed by atoms with Crippen LogP contribution in [0.5, 0.6) is 0 Å². The number of aliphatic hydroxyl groups is 1. The number of halogens is 5. The lowest BCUT2D eigenvalue weighted by Crippen LogP contribution is -2.55. The van der Waals surface area contributed by atoms with E-state index in [-0.39, 0.29) is 13.8 Å². The molecular weight excluding hydrogens is 183 g/mol. The van der Waals surface area contributed by atoms with E-state index in [1.165, 1.54) is 0 Å². The largest absolute Gasteiger partial charge is 0.393 e. The molecule has 0 radical (unpaired) electrons. The van der Waals surface area contributed by atoms with Crippen molar-refractivity contribution in [2.45, 2.75) is 31.4 Å². The van der Waals surface area contributed by atoms with Gasteiger partial charge in [-0.15, -0.1) is 0 Å². The minimum absolute atomic E-state index is 0.0967. The van der Waals surface area contributed by atoms with Gasteiger partial charge in [0.25, 0.3) is 0 Å². The molecule has 0 aromatic rings. The van der Waals surface area contributed by atoms with Gasteiger partial charge in [0.05, 0.1) is 6.61 Å². The van der Waals surface area contributed by atoms with Gasteiger partial charge in [-0.25, -0.2) is 13.2 Å². The fourth-order valence-corrected chi connectivity index (χ4v) is 0.557. The Hall–Kier alpha value is -0.390. The lowest BCUT2D eigenvalue weighted by molar-refractivity contribution is -0.266. The highest BCUT2D eigenvalue weighted by Gasteiger charge is 2.65. The first kappa shape index (κ1) is 11.6. The van der Waals surface area contributed by atoms with Crippen LogP contribution in [0, 0.1) is 0 Å². The molecule has 0 saturated heterocycles. The Balaban J connectivity index is 4.85. The number of hydrogen-bond donors (Lipinski definition) is 1. The van der Waals surface area contributed by atoms with Gasteiger partial charge in [0.15, 0.2) is 5.67 Å². The van der Waals surface area contributed by atoms with E-state index >= 15 is 0 Å². The molecule has 74 valence electrons. The normalized spacial score (nSPS) is 19.0. The molecule has 6 heteroatoms. The van der Waals surface area contributed by atoms with Crippen LogP contribution in [-0.4, -0.2) is 29.2 Å². The van der Waals surface area contributed by atoms with Gasteiger partial charge >= 0.3 is 11.8 Å². The minimum atomic E-state index is -4.87. The van der Waals surface area contributed by atoms with E-state index in [1.807, 2.05) is 0 Å². The van der Waals surface area contributed by atoms with Crippen molar-refractivity contribution in [3.63, 3.8) is 0 Å². The summed E-state index contributed by atoms with van der Waals surface area (Å²) in [4.78, 5) is 0. The summed E-state index contributed by atoms with van der Waals surface area (Å²) in [5, 5.41) is 8.10. The lowest BCUT2D eigenvalue weighted by Gasteiger charge is -2.32. The molecule has 1 N–H and O–H groups in total. The van der Waals surface area contributed by atoms with Gasteiger partial charge in [0.1, 0.15) is 0 Å². The van der Waals surface area contributed by atoms with Crippen LogP contribution < -0.4 is 0 Å². The Morgan fingerprint density at radius 1 is 1.00 bits per heavy atom. The molecule has 0 rings (SSSR count). The van der Waals surface area contributed by atoms with E-state index in [0.29, 0.717) is 0 Å². The van der Waals surface area contributed by atoms with Crippen LogP contribution in [0.3, 0.4) is 0 Å². The monoisotopic (exact) mass is 192 g/mol. The van der Waals surface area contributed by atoms with Gasteiger partial charge in [-0.05, 0) is 6.92 Å². The molecule has 0 spiro atoms. The highest BCUT2D eigenvalue weighted by Crippen LogP contribution is 2.43. The summed E-state index contributed by atoms with van der Waals surface area (Å²) in [6, 6.07) is 0. The van der Waals surface area contributed by atoms with E-state index < -0.39 is 24.1 Å². The summed E-state index contributed by atoms with van der Waals surface area (Å²) in [5.41, 5.74) is -3.61. The van der Waals surface area contributed by atoms with Crippen LogP contribution in [0.1, 0.15) is 13.8 Å². The fraction of sp³-hybridized carbons (Fsp3) is 1.00. The molecule has 0 fully saturated rings. The Bertz CT molecular complexity index is 160. The zero-order valence-corrected chi connectivity index (χ0v) is 6.54. The van der Waals surface area contributed by atoms with Crippen LogP contribution in [0.4, 0.5) is 22.0 Å². The molecule has 0 aromatic heterocycles. The topological polar surface area (TPSA) is 20.2 Å². The molecule has 0 aliphatic rings. The van der Waals surface area contributed by atoms with Crippen molar-refractivity contribution >= 4 is 0 Å². The van der Waals surface area contributed by atoms with E-state index in [9.17, 15) is 22.0 Å². The predicted molar refractivity (Wildman–Crippen MR) is 32.2 cm³/mol. The molecule has 0 heterocycles. The van der Waals surface area contributed by atoms with E-state index in [2.05, 4.69) is 0 Å². The Morgan fingerprint density at radius 2 is 1.33 bits per heavy atom. The Morgan fingerprint density at radius 3 is 1.42 bits per heavy atom. The second-order valence-corrected chi connectivity index (χ2v) is 2.82. The molecule has 12 heavy (non-hydrogen) atoms. The van der Waals surface area contributed by atoms with Crippen molar-refractivity contribution in [1.29, 1.82) is 0 Å². The SMILES string of the molecule is CC(F)(F)C(F)(F)C(C)(F)CO. The third-order valence-electron chi connectivity index (χ3n) is 1.50. The average Bonchev–Trinajstić information content (AvgIpc) is 1.85. The van der Waals surface area contributed by atoms with Crippen LogP contribution in [0.25, 0.3) is 0 Å². The van der Waals surface area contributed by atoms with Crippen molar-refractivity contribution in [3.8, 4) is 0 Å². The third-order valence-corrected chi connectivity index (χ3v) is 1.50. The van der Waals surface area contributed by atoms with Crippen molar-refractivity contribution < 1.29 is 27.1 Å². The van der Waals surface area contributed by atoms with E-state index in [1.54, 1.807) is 0 Å². The van der Waals surface area contributed by atoms with Gasteiger partial charge in [-0.2, -0.15) is 8.78 Å². The van der Waals surface area contributed by atoms with E-state index in [0.717, 1.165) is 0 Å². The smallest absolute Gasteiger partial charge is 0.344 e. The molecule has 1 atom stereocenters. The van der Waals surface area contributed by atoms with Crippen molar-refractivity contribution in [3.05, 3.63) is 0 Å². The van der Waals surface area contributed by atoms with Gasteiger partial charge in [0.2, 0.25) is 0 Å². The highest BCUT2D eigenvalue weighted by atomic mass is 19.3. The molecule has 1 unspecified atom stereocenters. The average molecular weight is 192 g/mol. The lowest BCUT2D eigenvalue weighted by atomic mass is 9.96. The molecule has 0 aliphatic carbocycles. The van der Waals surface area contributed by atoms with E-state index in [4.69, 9.17) is 5.11 Å². The number of rotatable bonds is 3. The molecule has 0 aromatic carbocycles. The van der Waals surface area contributed by atoms with Gasteiger partial charge < -0.3 is 5.11 Å². The quantitative estimate of drug-likeness (QED) is 0.678. The maximum atomic E-state index is 12.6. The molecule has 0 bridgehead atoms. The van der Waals surface area contributed by atoms with Gasteiger partial charge in [0, 0.05) is 6.92 Å². The Labute approximate surface area is 66.2 Å². The summed E-state index contributed by atoms with van der Waals surface area (Å²) in [6.07, 6.45) is 0. The first-order chi connectivity index (χ1) is 5.06. The summed E-state index contributed by atoms with van der Waals surface area (Å²) >= 11 is 0. The zero-order valence-electron chi connectivity index (χ0n) is 6.54. The molecule has 0 aliphatic heterocycles.